The van der Waals surface area contributed by atoms with E-state index in [1.165, 1.54) is 19.2 Å². The molecule has 2 bridgehead atoms. The van der Waals surface area contributed by atoms with Crippen LogP contribution >= 0.6 is 0 Å². The molecule has 6 heteroatoms. The Hall–Kier alpha value is -1.66. The summed E-state index contributed by atoms with van der Waals surface area (Å²) in [6, 6.07) is 4.52. The number of Topliss-reactive ketones (excluding diaryl/α,β-unsaturated/α-hetero) is 1. The topological polar surface area (TPSA) is 80.7 Å². The number of fused-ring (bicyclic) bond motifs is 2. The van der Waals surface area contributed by atoms with Gasteiger partial charge in [0.25, 0.3) is 10.1 Å². The van der Waals surface area contributed by atoms with E-state index in [-0.39, 0.29) is 33.2 Å². The molecule has 2 aliphatic carbocycles. The summed E-state index contributed by atoms with van der Waals surface area (Å²) in [6.45, 7) is 6.27. The lowest BCUT2D eigenvalue weighted by Gasteiger charge is -2.31. The van der Waals surface area contributed by atoms with E-state index in [9.17, 15) is 17.8 Å². The molecular formula is C18H22O5S. The predicted octanol–water partition coefficient (Wildman–Crippen LogP) is 3.35. The Bertz CT molecular complexity index is 850. The Labute approximate surface area is 142 Å². The van der Waals surface area contributed by atoms with E-state index in [1.54, 1.807) is 12.1 Å². The van der Waals surface area contributed by atoms with E-state index >= 15 is 0 Å². The summed E-state index contributed by atoms with van der Waals surface area (Å²) in [6.07, 6.45) is 3.61. The van der Waals surface area contributed by atoms with Crippen LogP contribution in [0.15, 0.2) is 28.7 Å². The first-order valence-corrected chi connectivity index (χ1v) is 9.38. The summed E-state index contributed by atoms with van der Waals surface area (Å²) in [5.41, 5.74) is 0.856. The fourth-order valence-electron chi connectivity index (χ4n) is 4.26. The van der Waals surface area contributed by atoms with Crippen LogP contribution in [0.3, 0.4) is 0 Å². The number of hydrogen-bond acceptors (Lipinski definition) is 4. The van der Waals surface area contributed by atoms with Crippen LogP contribution in [0.5, 0.6) is 5.75 Å². The van der Waals surface area contributed by atoms with Gasteiger partial charge in [0.2, 0.25) is 0 Å². The van der Waals surface area contributed by atoms with Crippen molar-refractivity contribution in [1.82, 2.24) is 0 Å². The number of carbonyl (C=O) groups excluding carboxylic acids is 1. The van der Waals surface area contributed by atoms with Gasteiger partial charge in [-0.25, -0.2) is 0 Å². The molecule has 0 heterocycles. The smallest absolute Gasteiger partial charge is 0.298 e. The summed E-state index contributed by atoms with van der Waals surface area (Å²) < 4.78 is 37.4. The Morgan fingerprint density at radius 1 is 1.29 bits per heavy atom. The molecule has 2 unspecified atom stereocenters. The van der Waals surface area contributed by atoms with E-state index in [0.717, 1.165) is 18.4 Å². The highest BCUT2D eigenvalue weighted by Gasteiger charge is 2.63. The molecule has 130 valence electrons. The molecule has 2 aliphatic rings. The zero-order valence-electron chi connectivity index (χ0n) is 14.3. The van der Waals surface area contributed by atoms with Gasteiger partial charge in [0, 0.05) is 5.41 Å². The highest BCUT2D eigenvalue weighted by molar-refractivity contribution is 7.86. The van der Waals surface area contributed by atoms with E-state index < -0.39 is 10.1 Å². The van der Waals surface area contributed by atoms with Crippen LogP contribution in [0.25, 0.3) is 6.08 Å². The maximum absolute atomic E-state index is 12.9. The molecule has 0 aromatic heterocycles. The lowest BCUT2D eigenvalue weighted by Crippen LogP contribution is -2.32. The van der Waals surface area contributed by atoms with Gasteiger partial charge in [0.1, 0.15) is 10.6 Å². The zero-order valence-corrected chi connectivity index (χ0v) is 15.1. The molecule has 0 aliphatic heterocycles. The van der Waals surface area contributed by atoms with Crippen molar-refractivity contribution < 1.29 is 22.5 Å². The predicted molar refractivity (Wildman–Crippen MR) is 90.4 cm³/mol. The summed E-state index contributed by atoms with van der Waals surface area (Å²) in [5, 5.41) is 0. The van der Waals surface area contributed by atoms with Crippen molar-refractivity contribution in [2.75, 3.05) is 7.11 Å². The van der Waals surface area contributed by atoms with Crippen molar-refractivity contribution in [2.24, 2.45) is 16.7 Å². The van der Waals surface area contributed by atoms with Gasteiger partial charge in [-0.15, -0.1) is 0 Å². The number of benzene rings is 1. The monoisotopic (exact) mass is 350 g/mol. The fraction of sp³-hybridized carbons (Fsp3) is 0.500. The molecule has 2 atom stereocenters. The molecule has 0 amide bonds. The number of ether oxygens (including phenoxy) is 1. The van der Waals surface area contributed by atoms with Gasteiger partial charge in [0.05, 0.1) is 7.11 Å². The second-order valence-corrected chi connectivity index (χ2v) is 8.85. The van der Waals surface area contributed by atoms with Crippen LogP contribution in [0.2, 0.25) is 0 Å². The quantitative estimate of drug-likeness (QED) is 0.668. The molecule has 0 saturated heterocycles. The maximum atomic E-state index is 12.9. The number of rotatable bonds is 3. The standard InChI is InChI=1S/C18H22O5S/c1-17(2)13-7-8-18(17,3)16(19)12(13)9-11-5-6-14(23-4)15(10-11)24(20,21)22/h5-6,9-10,13H,7-8H2,1-4H3,(H,20,21,22). The van der Waals surface area contributed by atoms with Crippen LogP contribution in [0.1, 0.15) is 39.2 Å². The molecule has 2 saturated carbocycles. The number of methoxy groups -OCH3 is 1. The second-order valence-electron chi connectivity index (χ2n) is 7.46. The van der Waals surface area contributed by atoms with Gasteiger partial charge >= 0.3 is 0 Å². The fourth-order valence-corrected chi connectivity index (χ4v) is 4.95. The largest absolute Gasteiger partial charge is 0.495 e. The first-order valence-electron chi connectivity index (χ1n) is 7.94. The minimum atomic E-state index is -4.40. The molecular weight excluding hydrogens is 328 g/mol. The highest BCUT2D eigenvalue weighted by Crippen LogP contribution is 2.65. The van der Waals surface area contributed by atoms with Crippen molar-refractivity contribution in [3.63, 3.8) is 0 Å². The minimum absolute atomic E-state index is 0.0752. The number of hydrogen-bond donors (Lipinski definition) is 1. The van der Waals surface area contributed by atoms with E-state index in [1.807, 2.05) is 6.92 Å². The van der Waals surface area contributed by atoms with Gasteiger partial charge in [0.15, 0.2) is 5.78 Å². The Balaban J connectivity index is 2.10. The van der Waals surface area contributed by atoms with Crippen molar-refractivity contribution in [3.05, 3.63) is 29.3 Å². The third-order valence-corrected chi connectivity index (χ3v) is 7.03. The number of allylic oxidation sites excluding steroid dienone is 1. The van der Waals surface area contributed by atoms with Crippen molar-refractivity contribution >= 4 is 22.0 Å². The molecule has 24 heavy (non-hydrogen) atoms. The van der Waals surface area contributed by atoms with E-state index in [4.69, 9.17) is 4.74 Å². The van der Waals surface area contributed by atoms with Crippen molar-refractivity contribution in [2.45, 2.75) is 38.5 Å². The number of carbonyl (C=O) groups is 1. The van der Waals surface area contributed by atoms with Gasteiger partial charge in [-0.3, -0.25) is 9.35 Å². The minimum Gasteiger partial charge on any atom is -0.495 e. The molecule has 0 radical (unpaired) electrons. The van der Waals surface area contributed by atoms with Gasteiger partial charge in [-0.1, -0.05) is 26.8 Å². The average Bonchev–Trinajstić information content (AvgIpc) is 2.80. The summed E-state index contributed by atoms with van der Waals surface area (Å²) in [7, 11) is -3.06. The normalized spacial score (nSPS) is 30.1. The molecule has 2 fully saturated rings. The van der Waals surface area contributed by atoms with Crippen LogP contribution in [0, 0.1) is 16.7 Å². The maximum Gasteiger partial charge on any atom is 0.298 e. The zero-order chi connectivity index (χ0) is 17.9. The second kappa shape index (κ2) is 5.17. The van der Waals surface area contributed by atoms with Crippen LogP contribution in [-0.2, 0) is 14.9 Å². The third-order valence-electron chi connectivity index (χ3n) is 6.15. The third kappa shape index (κ3) is 2.24. The van der Waals surface area contributed by atoms with Crippen molar-refractivity contribution in [1.29, 1.82) is 0 Å². The summed E-state index contributed by atoms with van der Waals surface area (Å²) >= 11 is 0. The molecule has 5 nitrogen and oxygen atoms in total. The lowest BCUT2D eigenvalue weighted by atomic mass is 9.70. The van der Waals surface area contributed by atoms with Crippen LogP contribution in [0.4, 0.5) is 0 Å². The van der Waals surface area contributed by atoms with Gasteiger partial charge in [-0.05, 0) is 53.5 Å². The molecule has 0 spiro atoms. The Morgan fingerprint density at radius 2 is 1.96 bits per heavy atom. The highest BCUT2D eigenvalue weighted by atomic mass is 32.2. The van der Waals surface area contributed by atoms with E-state index in [0.29, 0.717) is 5.56 Å². The number of ketones is 1. The Morgan fingerprint density at radius 3 is 2.46 bits per heavy atom. The van der Waals surface area contributed by atoms with Gasteiger partial charge in [-0.2, -0.15) is 8.42 Å². The summed E-state index contributed by atoms with van der Waals surface area (Å²) in [5.74, 6) is 0.394. The van der Waals surface area contributed by atoms with Crippen LogP contribution < -0.4 is 4.74 Å². The lowest BCUT2D eigenvalue weighted by molar-refractivity contribution is -0.125. The first-order chi connectivity index (χ1) is 11.0. The first kappa shape index (κ1) is 17.2. The molecule has 1 N–H and O–H groups in total. The van der Waals surface area contributed by atoms with Crippen LogP contribution in [-0.4, -0.2) is 25.9 Å². The Kier molecular flexibility index (Phi) is 3.70. The molecule has 1 aromatic carbocycles. The average molecular weight is 350 g/mol. The van der Waals surface area contributed by atoms with E-state index in [2.05, 4.69) is 13.8 Å². The van der Waals surface area contributed by atoms with Crippen molar-refractivity contribution in [3.8, 4) is 5.75 Å². The van der Waals surface area contributed by atoms with Gasteiger partial charge < -0.3 is 4.74 Å². The SMILES string of the molecule is COc1ccc(C=C2C(=O)C3(C)CCC2C3(C)C)cc1S(=O)(=O)O. The molecule has 3 rings (SSSR count). The summed E-state index contributed by atoms with van der Waals surface area (Å²) in [4.78, 5) is 12.6. The molecule has 1 aromatic rings.